The van der Waals surface area contributed by atoms with Crippen LogP contribution >= 0.6 is 0 Å². The number of pyridine rings is 1. The number of nitrogens with zero attached hydrogens (tertiary/aromatic N) is 5. The maximum Gasteiger partial charge on any atom is 0.250 e. The number of aliphatic hydroxyl groups excluding tert-OH is 1. The van der Waals surface area contributed by atoms with Gasteiger partial charge in [-0.3, -0.25) is 19.4 Å². The molecule has 2 aromatic rings. The molecule has 3 amide bonds. The first kappa shape index (κ1) is 22.3. The minimum absolute atomic E-state index is 0.0651. The molecule has 1 aliphatic heterocycles. The van der Waals surface area contributed by atoms with E-state index < -0.39 is 29.5 Å². The molecule has 0 radical (unpaired) electrons. The largest absolute Gasteiger partial charge is 0.391 e. The third-order valence-electron chi connectivity index (χ3n) is 5.26. The first-order valence-electron chi connectivity index (χ1n) is 9.90. The second-order valence-electron chi connectivity index (χ2n) is 8.69. The number of carbonyl (C=O) groups is 3. The van der Waals surface area contributed by atoms with Crippen molar-refractivity contribution in [2.75, 3.05) is 13.6 Å². The fourth-order valence-electron chi connectivity index (χ4n) is 3.76. The van der Waals surface area contributed by atoms with E-state index in [0.29, 0.717) is 11.3 Å². The Morgan fingerprint density at radius 1 is 1.29 bits per heavy atom. The van der Waals surface area contributed by atoms with Gasteiger partial charge in [-0.15, -0.1) is 5.10 Å². The zero-order chi connectivity index (χ0) is 22.9. The number of carbonyl (C=O) groups excluding carboxylic acids is 3. The summed E-state index contributed by atoms with van der Waals surface area (Å²) in [4.78, 5) is 42.6. The van der Waals surface area contributed by atoms with Gasteiger partial charge in [0.1, 0.15) is 17.8 Å². The number of primary amides is 1. The Kier molecular flexibility index (Phi) is 6.07. The van der Waals surface area contributed by atoms with Gasteiger partial charge >= 0.3 is 0 Å². The maximum atomic E-state index is 13.5. The van der Waals surface area contributed by atoms with Crippen molar-refractivity contribution in [3.8, 4) is 11.3 Å². The van der Waals surface area contributed by atoms with Crippen molar-refractivity contribution in [1.82, 2.24) is 30.2 Å². The number of amides is 3. The quantitative estimate of drug-likeness (QED) is 0.591. The summed E-state index contributed by atoms with van der Waals surface area (Å²) in [6.07, 6.45) is 3.87. The number of likely N-dealkylation sites (tertiary alicyclic amines) is 1. The average Bonchev–Trinajstić information content (AvgIpc) is 3.33. The van der Waals surface area contributed by atoms with Crippen molar-refractivity contribution in [2.45, 2.75) is 45.4 Å². The molecule has 0 spiro atoms. The van der Waals surface area contributed by atoms with E-state index in [9.17, 15) is 19.5 Å². The standard InChI is InChI=1S/C20H27N7O4/c1-20(2,3)16(19(31)26-9-13(28)6-15(26)18(30)22-4)27-10-14(24-25-27)11-5-12(17(21)29)8-23-7-11/h5,7-8,10,13,15-16,28H,6,9H2,1-4H3,(H2,21,29)(H,22,30)/t13-,15+,16-/m1/s1. The second-order valence-corrected chi connectivity index (χ2v) is 8.69. The van der Waals surface area contributed by atoms with Crippen molar-refractivity contribution < 1.29 is 19.5 Å². The SMILES string of the molecule is CNC(=O)[C@@H]1C[C@@H](O)CN1C(=O)[C@@H](n1cc(-c2cncc(C(N)=O)c2)nn1)C(C)(C)C. The Labute approximate surface area is 179 Å². The summed E-state index contributed by atoms with van der Waals surface area (Å²) in [6, 6.07) is 0.0195. The number of nitrogens with one attached hydrogen (secondary N) is 1. The molecule has 31 heavy (non-hydrogen) atoms. The highest BCUT2D eigenvalue weighted by Gasteiger charge is 2.45. The van der Waals surface area contributed by atoms with Gasteiger partial charge in [-0.25, -0.2) is 4.68 Å². The minimum atomic E-state index is -0.779. The van der Waals surface area contributed by atoms with Gasteiger partial charge in [0.05, 0.1) is 17.9 Å². The van der Waals surface area contributed by atoms with Crippen LogP contribution in [0.15, 0.2) is 24.7 Å². The van der Waals surface area contributed by atoms with Crippen LogP contribution in [0.5, 0.6) is 0 Å². The minimum Gasteiger partial charge on any atom is -0.391 e. The highest BCUT2D eigenvalue weighted by atomic mass is 16.3. The maximum absolute atomic E-state index is 13.5. The van der Waals surface area contributed by atoms with Crippen molar-refractivity contribution in [2.24, 2.45) is 11.1 Å². The monoisotopic (exact) mass is 429 g/mol. The summed E-state index contributed by atoms with van der Waals surface area (Å²) >= 11 is 0. The summed E-state index contributed by atoms with van der Waals surface area (Å²) in [7, 11) is 1.49. The summed E-state index contributed by atoms with van der Waals surface area (Å²) in [5.74, 6) is -1.28. The first-order valence-corrected chi connectivity index (χ1v) is 9.90. The molecule has 1 saturated heterocycles. The molecule has 1 aliphatic rings. The number of aromatic nitrogens is 4. The zero-order valence-electron chi connectivity index (χ0n) is 17.9. The van der Waals surface area contributed by atoms with Crippen molar-refractivity contribution in [1.29, 1.82) is 0 Å². The molecular formula is C20H27N7O4. The molecule has 166 valence electrons. The van der Waals surface area contributed by atoms with E-state index in [2.05, 4.69) is 20.6 Å². The van der Waals surface area contributed by atoms with Gasteiger partial charge in [0, 0.05) is 38.0 Å². The van der Waals surface area contributed by atoms with E-state index in [1.165, 1.54) is 29.0 Å². The molecule has 0 aromatic carbocycles. The van der Waals surface area contributed by atoms with Crippen LogP contribution in [0, 0.1) is 5.41 Å². The third-order valence-corrected chi connectivity index (χ3v) is 5.26. The smallest absolute Gasteiger partial charge is 0.250 e. The van der Waals surface area contributed by atoms with E-state index in [1.54, 1.807) is 12.3 Å². The first-order chi connectivity index (χ1) is 14.5. The van der Waals surface area contributed by atoms with Crippen LogP contribution in [0.1, 0.15) is 43.6 Å². The summed E-state index contributed by atoms with van der Waals surface area (Å²) in [5, 5.41) is 20.9. The van der Waals surface area contributed by atoms with Crippen LogP contribution in [0.25, 0.3) is 11.3 Å². The molecule has 4 N–H and O–H groups in total. The normalized spacial score (nSPS) is 19.8. The Balaban J connectivity index is 1.96. The van der Waals surface area contributed by atoms with Crippen molar-refractivity contribution in [3.63, 3.8) is 0 Å². The molecule has 0 bridgehead atoms. The molecule has 0 saturated carbocycles. The fraction of sp³-hybridized carbons (Fsp3) is 0.500. The summed E-state index contributed by atoms with van der Waals surface area (Å²) in [6.45, 7) is 5.71. The molecule has 3 heterocycles. The number of hydrogen-bond donors (Lipinski definition) is 3. The van der Waals surface area contributed by atoms with Crippen LogP contribution in [0.4, 0.5) is 0 Å². The molecular weight excluding hydrogens is 402 g/mol. The second kappa shape index (κ2) is 8.42. The van der Waals surface area contributed by atoms with Crippen LogP contribution in [-0.4, -0.2) is 73.4 Å². The number of β-amino-alcohol motifs (C(OH)–C–C–N with tert-alkyl or cyclic N) is 1. The Hall–Kier alpha value is -3.34. The van der Waals surface area contributed by atoms with E-state index in [0.717, 1.165) is 0 Å². The summed E-state index contributed by atoms with van der Waals surface area (Å²) in [5.41, 5.74) is 5.92. The number of hydrogen-bond acceptors (Lipinski definition) is 7. The highest BCUT2D eigenvalue weighted by molar-refractivity contribution is 5.93. The molecule has 3 atom stereocenters. The lowest BCUT2D eigenvalue weighted by Crippen LogP contribution is -2.49. The van der Waals surface area contributed by atoms with Crippen LogP contribution in [0.3, 0.4) is 0 Å². The van der Waals surface area contributed by atoms with E-state index >= 15 is 0 Å². The fourth-order valence-corrected chi connectivity index (χ4v) is 3.76. The molecule has 0 unspecified atom stereocenters. The topological polar surface area (TPSA) is 156 Å². The third kappa shape index (κ3) is 4.55. The van der Waals surface area contributed by atoms with Gasteiger partial charge in [-0.05, 0) is 11.5 Å². The van der Waals surface area contributed by atoms with Gasteiger partial charge in [-0.2, -0.15) is 0 Å². The lowest BCUT2D eigenvalue weighted by molar-refractivity contribution is -0.144. The van der Waals surface area contributed by atoms with Crippen LogP contribution < -0.4 is 11.1 Å². The van der Waals surface area contributed by atoms with E-state index in [1.807, 2.05) is 20.8 Å². The van der Waals surface area contributed by atoms with Crippen molar-refractivity contribution >= 4 is 17.7 Å². The van der Waals surface area contributed by atoms with Gasteiger partial charge in [-0.1, -0.05) is 26.0 Å². The van der Waals surface area contributed by atoms with Crippen molar-refractivity contribution in [3.05, 3.63) is 30.2 Å². The van der Waals surface area contributed by atoms with Gasteiger partial charge in [0.25, 0.3) is 0 Å². The van der Waals surface area contributed by atoms with Gasteiger partial charge in [0.2, 0.25) is 17.7 Å². The number of likely N-dealkylation sites (N-methyl/N-ethyl adjacent to an activating group) is 1. The van der Waals surface area contributed by atoms with E-state index in [-0.39, 0.29) is 30.3 Å². The number of aliphatic hydroxyl groups is 1. The Morgan fingerprint density at radius 2 is 2.00 bits per heavy atom. The van der Waals surface area contributed by atoms with Crippen LogP contribution in [0.2, 0.25) is 0 Å². The highest BCUT2D eigenvalue weighted by Crippen LogP contribution is 2.34. The predicted octanol–water partition coefficient (Wildman–Crippen LogP) is -0.266. The molecule has 2 aromatic heterocycles. The molecule has 0 aliphatic carbocycles. The number of nitrogens with two attached hydrogens (primary N) is 1. The predicted molar refractivity (Wildman–Crippen MR) is 110 cm³/mol. The lowest BCUT2D eigenvalue weighted by atomic mass is 9.85. The average molecular weight is 429 g/mol. The van der Waals surface area contributed by atoms with Gasteiger partial charge in [0.15, 0.2) is 0 Å². The Bertz CT molecular complexity index is 997. The van der Waals surface area contributed by atoms with E-state index in [4.69, 9.17) is 5.73 Å². The zero-order valence-corrected chi connectivity index (χ0v) is 17.9. The number of rotatable bonds is 5. The summed E-state index contributed by atoms with van der Waals surface area (Å²) < 4.78 is 1.44. The molecule has 3 rings (SSSR count). The molecule has 11 heteroatoms. The Morgan fingerprint density at radius 3 is 2.61 bits per heavy atom. The molecule has 1 fully saturated rings. The molecule has 11 nitrogen and oxygen atoms in total. The van der Waals surface area contributed by atoms with Gasteiger partial charge < -0.3 is 21.1 Å². The van der Waals surface area contributed by atoms with Crippen LogP contribution in [-0.2, 0) is 9.59 Å². The lowest BCUT2D eigenvalue weighted by Gasteiger charge is -2.34.